The zero-order chi connectivity index (χ0) is 13.5. The van der Waals surface area contributed by atoms with Gasteiger partial charge < -0.3 is 0 Å². The molecule has 0 N–H and O–H groups in total. The Kier molecular flexibility index (Phi) is 7.33. The molecule has 17 heavy (non-hydrogen) atoms. The van der Waals surface area contributed by atoms with Crippen molar-refractivity contribution in [1.29, 1.82) is 0 Å². The Balaban J connectivity index is 3.82. The van der Waals surface area contributed by atoms with Crippen LogP contribution in [-0.2, 0) is 0 Å². The van der Waals surface area contributed by atoms with Gasteiger partial charge in [-0.2, -0.15) is 0 Å². The van der Waals surface area contributed by atoms with Gasteiger partial charge in [-0.25, -0.2) is 0 Å². The first-order chi connectivity index (χ1) is 7.60. The summed E-state index contributed by atoms with van der Waals surface area (Å²) in [7, 11) is -1.76. The fourth-order valence-electron chi connectivity index (χ4n) is 1.45. The maximum Gasteiger partial charge on any atom is 0.0480 e. The average Bonchev–Trinajstić information content (AvgIpc) is 2.11. The minimum atomic E-state index is -0.888. The van der Waals surface area contributed by atoms with Crippen LogP contribution >= 0.6 is 0 Å². The zero-order valence-corrected chi connectivity index (χ0v) is 15.1. The van der Waals surface area contributed by atoms with Crippen molar-refractivity contribution in [3.63, 3.8) is 0 Å². The lowest BCUT2D eigenvalue weighted by molar-refractivity contribution is 0.970. The van der Waals surface area contributed by atoms with E-state index in [9.17, 15) is 0 Å². The molecule has 2 heteroatoms. The smallest absolute Gasteiger partial charge is 0.0480 e. The molecular weight excluding hydrogens is 236 g/mol. The van der Waals surface area contributed by atoms with Gasteiger partial charge in [-0.15, -0.1) is 0 Å². The summed E-state index contributed by atoms with van der Waals surface area (Å²) >= 11 is 0. The normalized spacial score (nSPS) is 14.6. The van der Waals surface area contributed by atoms with E-state index >= 15 is 0 Å². The van der Waals surface area contributed by atoms with E-state index in [2.05, 4.69) is 64.4 Å². The number of allylic oxidation sites excluding steroid dienone is 4. The monoisotopic (exact) mass is 268 g/mol. The molecule has 0 radical (unpaired) electrons. The standard InChI is InChI=1S/C15H32Si2/c1-15(12-14-17(5,6)7)11-9-8-10-13-16(2,3)4/h8,10,12H,9,11,13-14H2,1-7H3/b10-8-,15-12-. The molecule has 0 aliphatic rings. The summed E-state index contributed by atoms with van der Waals surface area (Å²) in [6, 6.07) is 2.65. The third kappa shape index (κ3) is 13.9. The lowest BCUT2D eigenvalue weighted by Crippen LogP contribution is -2.17. The van der Waals surface area contributed by atoms with Crippen molar-refractivity contribution in [2.24, 2.45) is 0 Å². The van der Waals surface area contributed by atoms with Crippen molar-refractivity contribution < 1.29 is 0 Å². The molecule has 0 rings (SSSR count). The minimum absolute atomic E-state index is 0.870. The SMILES string of the molecule is C/C(=C/C[Si](C)(C)C)CC/C=C\C[Si](C)(C)C. The Morgan fingerprint density at radius 1 is 0.824 bits per heavy atom. The molecule has 0 aromatic heterocycles. The van der Waals surface area contributed by atoms with Gasteiger partial charge >= 0.3 is 0 Å². The molecule has 0 aromatic rings. The first kappa shape index (κ1) is 16.9. The van der Waals surface area contributed by atoms with Crippen LogP contribution in [0.15, 0.2) is 23.8 Å². The predicted octanol–water partition coefficient (Wildman–Crippen LogP) is 5.95. The van der Waals surface area contributed by atoms with Gasteiger partial charge in [0, 0.05) is 16.1 Å². The summed E-state index contributed by atoms with van der Waals surface area (Å²) in [6.45, 7) is 16.9. The van der Waals surface area contributed by atoms with Gasteiger partial charge in [-0.3, -0.25) is 0 Å². The van der Waals surface area contributed by atoms with Crippen molar-refractivity contribution >= 4 is 16.1 Å². The molecule has 0 bridgehead atoms. The van der Waals surface area contributed by atoms with Crippen molar-refractivity contribution in [3.05, 3.63) is 23.8 Å². The third-order valence-corrected chi connectivity index (χ3v) is 5.55. The van der Waals surface area contributed by atoms with Gasteiger partial charge in [0.15, 0.2) is 0 Å². The summed E-state index contributed by atoms with van der Waals surface area (Å²) in [5.41, 5.74) is 1.57. The van der Waals surface area contributed by atoms with E-state index < -0.39 is 16.1 Å². The molecule has 100 valence electrons. The van der Waals surface area contributed by atoms with Crippen molar-refractivity contribution in [2.45, 2.75) is 71.1 Å². The quantitative estimate of drug-likeness (QED) is 0.395. The molecule has 0 aliphatic heterocycles. The second kappa shape index (κ2) is 7.37. The fraction of sp³-hybridized carbons (Fsp3) is 0.733. The summed E-state index contributed by atoms with van der Waals surface area (Å²) in [6.07, 6.45) is 9.71. The number of hydrogen-bond donors (Lipinski definition) is 0. The highest BCUT2D eigenvalue weighted by Gasteiger charge is 2.10. The molecule has 0 amide bonds. The van der Waals surface area contributed by atoms with Crippen LogP contribution in [0.4, 0.5) is 0 Å². The highest BCUT2D eigenvalue weighted by Crippen LogP contribution is 2.14. The molecule has 0 heterocycles. The van der Waals surface area contributed by atoms with E-state index in [0.29, 0.717) is 0 Å². The molecule has 0 nitrogen and oxygen atoms in total. The van der Waals surface area contributed by atoms with Gasteiger partial charge in [-0.05, 0) is 31.9 Å². The molecule has 0 unspecified atom stereocenters. The number of hydrogen-bond acceptors (Lipinski definition) is 0. The Labute approximate surface area is 111 Å². The van der Waals surface area contributed by atoms with Crippen LogP contribution < -0.4 is 0 Å². The lowest BCUT2D eigenvalue weighted by Gasteiger charge is -2.13. The van der Waals surface area contributed by atoms with Gasteiger partial charge in [0.2, 0.25) is 0 Å². The summed E-state index contributed by atoms with van der Waals surface area (Å²) in [4.78, 5) is 0. The first-order valence-electron chi connectivity index (χ1n) is 6.91. The van der Waals surface area contributed by atoms with E-state index in [1.165, 1.54) is 24.9 Å². The predicted molar refractivity (Wildman–Crippen MR) is 88.4 cm³/mol. The molecule has 0 saturated carbocycles. The van der Waals surface area contributed by atoms with Crippen LogP contribution in [-0.4, -0.2) is 16.1 Å². The molecule has 0 saturated heterocycles. The van der Waals surface area contributed by atoms with E-state index in [1.807, 2.05) is 0 Å². The Hall–Kier alpha value is -0.0862. The Bertz CT molecular complexity index is 262. The largest absolute Gasteiger partial charge is 0.0912 e. The molecule has 0 spiro atoms. The average molecular weight is 269 g/mol. The van der Waals surface area contributed by atoms with Crippen LogP contribution in [0.25, 0.3) is 0 Å². The van der Waals surface area contributed by atoms with Crippen molar-refractivity contribution in [2.75, 3.05) is 0 Å². The van der Waals surface area contributed by atoms with Crippen molar-refractivity contribution in [3.8, 4) is 0 Å². The summed E-state index contributed by atoms with van der Waals surface area (Å²) in [5.74, 6) is 0. The fourth-order valence-corrected chi connectivity index (χ4v) is 3.28. The maximum atomic E-state index is 2.47. The Morgan fingerprint density at radius 3 is 1.82 bits per heavy atom. The topological polar surface area (TPSA) is 0 Å². The van der Waals surface area contributed by atoms with Crippen LogP contribution in [0.2, 0.25) is 51.4 Å². The zero-order valence-electron chi connectivity index (χ0n) is 13.1. The summed E-state index contributed by atoms with van der Waals surface area (Å²) < 4.78 is 0. The van der Waals surface area contributed by atoms with E-state index in [-0.39, 0.29) is 0 Å². The van der Waals surface area contributed by atoms with Crippen LogP contribution in [0, 0.1) is 0 Å². The Morgan fingerprint density at radius 2 is 1.35 bits per heavy atom. The first-order valence-corrected chi connectivity index (χ1v) is 14.3. The maximum absolute atomic E-state index is 2.47. The molecule has 0 aliphatic carbocycles. The number of rotatable bonds is 7. The second-order valence-corrected chi connectivity index (χ2v) is 18.6. The minimum Gasteiger partial charge on any atom is -0.0912 e. The van der Waals surface area contributed by atoms with Gasteiger partial charge in [0.1, 0.15) is 0 Å². The van der Waals surface area contributed by atoms with Crippen LogP contribution in [0.1, 0.15) is 19.8 Å². The van der Waals surface area contributed by atoms with Crippen LogP contribution in [0.3, 0.4) is 0 Å². The molecule has 0 aromatic carbocycles. The molecule has 0 fully saturated rings. The van der Waals surface area contributed by atoms with E-state index in [0.717, 1.165) is 0 Å². The van der Waals surface area contributed by atoms with Gasteiger partial charge in [0.05, 0.1) is 0 Å². The lowest BCUT2D eigenvalue weighted by atomic mass is 10.1. The van der Waals surface area contributed by atoms with E-state index in [1.54, 1.807) is 5.57 Å². The molecule has 0 atom stereocenters. The van der Waals surface area contributed by atoms with Crippen LogP contribution in [0.5, 0.6) is 0 Å². The van der Waals surface area contributed by atoms with Gasteiger partial charge in [0.25, 0.3) is 0 Å². The highest BCUT2D eigenvalue weighted by atomic mass is 28.3. The third-order valence-electron chi connectivity index (χ3n) is 2.67. The van der Waals surface area contributed by atoms with Gasteiger partial charge in [-0.1, -0.05) is 63.1 Å². The molecular formula is C15H32Si2. The second-order valence-electron chi connectivity index (χ2n) is 7.59. The van der Waals surface area contributed by atoms with E-state index in [4.69, 9.17) is 0 Å². The highest BCUT2D eigenvalue weighted by molar-refractivity contribution is 6.76. The summed E-state index contributed by atoms with van der Waals surface area (Å²) in [5, 5.41) is 0. The van der Waals surface area contributed by atoms with Crippen molar-refractivity contribution in [1.82, 2.24) is 0 Å².